The molecule has 0 fully saturated rings. The van der Waals surface area contributed by atoms with Crippen LogP contribution in [0, 0.1) is 6.92 Å². The van der Waals surface area contributed by atoms with Crippen molar-refractivity contribution in [1.82, 2.24) is 4.98 Å². The molecule has 1 amide bonds. The van der Waals surface area contributed by atoms with Crippen LogP contribution in [0.25, 0.3) is 6.08 Å². The normalized spacial score (nSPS) is 10.8. The number of halogens is 1. The quantitative estimate of drug-likeness (QED) is 0.688. The van der Waals surface area contributed by atoms with Crippen molar-refractivity contribution in [1.29, 1.82) is 0 Å². The van der Waals surface area contributed by atoms with Gasteiger partial charge in [-0.2, -0.15) is 0 Å². The predicted molar refractivity (Wildman–Crippen MR) is 78.7 cm³/mol. The van der Waals surface area contributed by atoms with E-state index >= 15 is 0 Å². The summed E-state index contributed by atoms with van der Waals surface area (Å²) < 4.78 is 0.787. The topological polar surface area (TPSA) is 42.0 Å². The Labute approximate surface area is 118 Å². The van der Waals surface area contributed by atoms with E-state index in [9.17, 15) is 4.79 Å². The highest BCUT2D eigenvalue weighted by atomic mass is 79.9. The number of aryl methyl sites for hydroxylation is 1. The fourth-order valence-electron chi connectivity index (χ4n) is 1.35. The molecule has 92 valence electrons. The lowest BCUT2D eigenvalue weighted by Crippen LogP contribution is -2.08. The number of nitrogens with one attached hydrogen (secondary N) is 1. The summed E-state index contributed by atoms with van der Waals surface area (Å²) in [5.41, 5.74) is 1.67. The first-order valence-corrected chi connectivity index (χ1v) is 6.97. The Bertz CT molecular complexity index is 579. The van der Waals surface area contributed by atoms with Crippen LogP contribution in [0.2, 0.25) is 0 Å². The lowest BCUT2D eigenvalue weighted by molar-refractivity contribution is -0.111. The molecule has 2 rings (SSSR count). The maximum atomic E-state index is 11.7. The van der Waals surface area contributed by atoms with Gasteiger partial charge in [0.15, 0.2) is 0 Å². The van der Waals surface area contributed by atoms with Crippen molar-refractivity contribution in [3.63, 3.8) is 0 Å². The molecule has 0 aliphatic carbocycles. The number of pyridine rings is 1. The van der Waals surface area contributed by atoms with Crippen molar-refractivity contribution in [2.45, 2.75) is 6.92 Å². The molecule has 5 heteroatoms. The fraction of sp³-hybridized carbons (Fsp3) is 0.0769. The standard InChI is InChI=1S/C13H11BrN2OS/c1-9-7-10(8-15-13(9)14)16-12(17)5-4-11-3-2-6-18-11/h2-8H,1H3,(H,16,17)/b5-4+. The van der Waals surface area contributed by atoms with E-state index in [4.69, 9.17) is 0 Å². The molecule has 0 spiro atoms. The van der Waals surface area contributed by atoms with Gasteiger partial charge >= 0.3 is 0 Å². The van der Waals surface area contributed by atoms with Crippen molar-refractivity contribution < 1.29 is 4.79 Å². The first-order chi connectivity index (χ1) is 8.65. The molecule has 0 atom stereocenters. The highest BCUT2D eigenvalue weighted by Gasteiger charge is 2.01. The average Bonchev–Trinajstić information content (AvgIpc) is 2.84. The van der Waals surface area contributed by atoms with E-state index in [-0.39, 0.29) is 5.91 Å². The van der Waals surface area contributed by atoms with E-state index in [1.807, 2.05) is 30.5 Å². The number of carbonyl (C=O) groups excluding carboxylic acids is 1. The van der Waals surface area contributed by atoms with Gasteiger partial charge in [-0.3, -0.25) is 4.79 Å². The summed E-state index contributed by atoms with van der Waals surface area (Å²) in [6.45, 7) is 1.92. The van der Waals surface area contributed by atoms with Gasteiger partial charge in [0.2, 0.25) is 5.91 Å². The number of hydrogen-bond donors (Lipinski definition) is 1. The zero-order valence-electron chi connectivity index (χ0n) is 9.68. The molecule has 2 heterocycles. The Kier molecular flexibility index (Phi) is 4.28. The summed E-state index contributed by atoms with van der Waals surface area (Å²) in [6.07, 6.45) is 4.93. The van der Waals surface area contributed by atoms with Gasteiger partial charge < -0.3 is 5.32 Å². The fourth-order valence-corrected chi connectivity index (χ4v) is 2.19. The van der Waals surface area contributed by atoms with Gasteiger partial charge in [0.1, 0.15) is 4.60 Å². The first kappa shape index (κ1) is 13.0. The molecule has 1 N–H and O–H groups in total. The Morgan fingerprint density at radius 1 is 1.56 bits per heavy atom. The van der Waals surface area contributed by atoms with Crippen molar-refractivity contribution in [3.8, 4) is 0 Å². The van der Waals surface area contributed by atoms with Crippen LogP contribution >= 0.6 is 27.3 Å². The van der Waals surface area contributed by atoms with Crippen LogP contribution in [0.4, 0.5) is 5.69 Å². The molecule has 0 aromatic carbocycles. The van der Waals surface area contributed by atoms with Crippen molar-refractivity contribution in [3.05, 3.63) is 50.9 Å². The number of nitrogens with zero attached hydrogens (tertiary/aromatic N) is 1. The third-order valence-corrected chi connectivity index (χ3v) is 3.89. The van der Waals surface area contributed by atoms with Crippen LogP contribution in [0.3, 0.4) is 0 Å². The van der Waals surface area contributed by atoms with Gasteiger partial charge in [0.25, 0.3) is 0 Å². The van der Waals surface area contributed by atoms with E-state index in [1.165, 1.54) is 6.08 Å². The molecule has 0 bridgehead atoms. The van der Waals surface area contributed by atoms with E-state index in [0.29, 0.717) is 5.69 Å². The maximum Gasteiger partial charge on any atom is 0.248 e. The molecule has 0 radical (unpaired) electrons. The van der Waals surface area contributed by atoms with Gasteiger partial charge in [-0.1, -0.05) is 6.07 Å². The van der Waals surface area contributed by atoms with Gasteiger partial charge in [-0.25, -0.2) is 4.98 Å². The number of anilines is 1. The SMILES string of the molecule is Cc1cc(NC(=O)/C=C/c2cccs2)cnc1Br. The van der Waals surface area contributed by atoms with Gasteiger partial charge in [0, 0.05) is 11.0 Å². The Morgan fingerprint density at radius 2 is 2.39 bits per heavy atom. The second-order valence-corrected chi connectivity index (χ2v) is 5.40. The Hall–Kier alpha value is -1.46. The second kappa shape index (κ2) is 5.93. The summed E-state index contributed by atoms with van der Waals surface area (Å²) >= 11 is 4.91. The minimum atomic E-state index is -0.160. The monoisotopic (exact) mass is 322 g/mol. The average molecular weight is 323 g/mol. The summed E-state index contributed by atoms with van der Waals surface area (Å²) in [7, 11) is 0. The summed E-state index contributed by atoms with van der Waals surface area (Å²) in [5, 5.41) is 4.74. The zero-order chi connectivity index (χ0) is 13.0. The zero-order valence-corrected chi connectivity index (χ0v) is 12.1. The third kappa shape index (κ3) is 3.51. The number of rotatable bonds is 3. The largest absolute Gasteiger partial charge is 0.321 e. The predicted octanol–water partition coefficient (Wildman–Crippen LogP) is 3.87. The molecule has 0 saturated heterocycles. The number of carbonyl (C=O) groups is 1. The number of amides is 1. The molecule has 3 nitrogen and oxygen atoms in total. The molecule has 0 saturated carbocycles. The molecule has 18 heavy (non-hydrogen) atoms. The van der Waals surface area contributed by atoms with Crippen molar-refractivity contribution in [2.24, 2.45) is 0 Å². The van der Waals surface area contributed by atoms with Crippen LogP contribution < -0.4 is 5.32 Å². The second-order valence-electron chi connectivity index (χ2n) is 3.67. The van der Waals surface area contributed by atoms with Crippen molar-refractivity contribution >= 4 is 44.9 Å². The van der Waals surface area contributed by atoms with Crippen LogP contribution in [-0.4, -0.2) is 10.9 Å². The first-order valence-electron chi connectivity index (χ1n) is 5.30. The highest BCUT2D eigenvalue weighted by Crippen LogP contribution is 2.17. The maximum absolute atomic E-state index is 11.7. The van der Waals surface area contributed by atoms with E-state index in [1.54, 1.807) is 23.6 Å². The van der Waals surface area contributed by atoms with Gasteiger partial charge in [0.05, 0.1) is 11.9 Å². The summed E-state index contributed by atoms with van der Waals surface area (Å²) in [4.78, 5) is 16.8. The minimum absolute atomic E-state index is 0.160. The van der Waals surface area contributed by atoms with Gasteiger partial charge in [-0.05, 0) is 52.0 Å². The van der Waals surface area contributed by atoms with Crippen LogP contribution in [0.15, 0.2) is 40.5 Å². The number of hydrogen-bond acceptors (Lipinski definition) is 3. The van der Waals surface area contributed by atoms with E-state index < -0.39 is 0 Å². The Morgan fingerprint density at radius 3 is 3.06 bits per heavy atom. The number of aromatic nitrogens is 1. The summed E-state index contributed by atoms with van der Waals surface area (Å²) in [5.74, 6) is -0.160. The molecular weight excluding hydrogens is 312 g/mol. The molecular formula is C13H11BrN2OS. The highest BCUT2D eigenvalue weighted by molar-refractivity contribution is 9.10. The molecule has 0 aliphatic rings. The van der Waals surface area contributed by atoms with Gasteiger partial charge in [-0.15, -0.1) is 11.3 Å². The minimum Gasteiger partial charge on any atom is -0.321 e. The van der Waals surface area contributed by atoms with E-state index in [0.717, 1.165) is 15.0 Å². The Balaban J connectivity index is 2.01. The molecule has 2 aromatic heterocycles. The lowest BCUT2D eigenvalue weighted by Gasteiger charge is -2.03. The van der Waals surface area contributed by atoms with Crippen LogP contribution in [0.1, 0.15) is 10.4 Å². The molecule has 0 unspecified atom stereocenters. The smallest absolute Gasteiger partial charge is 0.248 e. The summed E-state index contributed by atoms with van der Waals surface area (Å²) in [6, 6.07) is 5.78. The number of thiophene rings is 1. The third-order valence-electron chi connectivity index (χ3n) is 2.22. The van der Waals surface area contributed by atoms with Crippen LogP contribution in [0.5, 0.6) is 0 Å². The van der Waals surface area contributed by atoms with Crippen LogP contribution in [-0.2, 0) is 4.79 Å². The molecule has 2 aromatic rings. The van der Waals surface area contributed by atoms with E-state index in [2.05, 4.69) is 26.2 Å². The molecule has 0 aliphatic heterocycles. The lowest BCUT2D eigenvalue weighted by atomic mass is 10.3. The van der Waals surface area contributed by atoms with Crippen molar-refractivity contribution in [2.75, 3.05) is 5.32 Å².